The van der Waals surface area contributed by atoms with Gasteiger partial charge in [0.15, 0.2) is 5.69 Å². The standard InChI is InChI=1S/C25H27N5O2/c1-15-6-7-17(12-27-15)25-30-23(14-32-25)24(31)29-22-10-18(13-28-19-4-2-3-5-19)21(26)11-20(22)16-8-9-16/h6-7,10-14,16,19,26,28H,2-5,8-9H2,1H3,(H,29,31)/b18-13-,26-21?. The van der Waals surface area contributed by atoms with E-state index in [0.717, 1.165) is 40.9 Å². The normalized spacial score (nSPS) is 20.3. The lowest BCUT2D eigenvalue weighted by Crippen LogP contribution is -2.28. The molecule has 0 atom stereocenters. The van der Waals surface area contributed by atoms with Crippen LogP contribution in [-0.4, -0.2) is 27.6 Å². The Bertz CT molecular complexity index is 1130. The Morgan fingerprint density at radius 1 is 1.19 bits per heavy atom. The number of pyridine rings is 1. The van der Waals surface area contributed by atoms with Gasteiger partial charge in [-0.05, 0) is 68.4 Å². The van der Waals surface area contributed by atoms with Crippen LogP contribution in [0.15, 0.2) is 64.2 Å². The number of hydrogen-bond donors (Lipinski definition) is 3. The topological polar surface area (TPSA) is 104 Å². The third-order valence-electron chi connectivity index (χ3n) is 6.21. The zero-order chi connectivity index (χ0) is 22.1. The largest absolute Gasteiger partial charge is 0.444 e. The van der Waals surface area contributed by atoms with Crippen LogP contribution in [0.2, 0.25) is 0 Å². The quantitative estimate of drug-likeness (QED) is 0.630. The summed E-state index contributed by atoms with van der Waals surface area (Å²) in [5, 5.41) is 14.9. The van der Waals surface area contributed by atoms with E-state index in [-0.39, 0.29) is 11.6 Å². The van der Waals surface area contributed by atoms with Crippen molar-refractivity contribution in [3.05, 3.63) is 71.2 Å². The summed E-state index contributed by atoms with van der Waals surface area (Å²) in [6.07, 6.45) is 15.8. The van der Waals surface area contributed by atoms with Gasteiger partial charge in [0, 0.05) is 35.4 Å². The molecular weight excluding hydrogens is 402 g/mol. The number of aryl methyl sites for hydroxylation is 1. The van der Waals surface area contributed by atoms with E-state index in [4.69, 9.17) is 9.83 Å². The van der Waals surface area contributed by atoms with E-state index in [1.165, 1.54) is 31.9 Å². The molecule has 0 unspecified atom stereocenters. The Morgan fingerprint density at radius 3 is 2.72 bits per heavy atom. The van der Waals surface area contributed by atoms with Crippen LogP contribution in [0.25, 0.3) is 11.5 Å². The Morgan fingerprint density at radius 2 is 2.00 bits per heavy atom. The molecule has 3 aliphatic rings. The molecule has 3 N–H and O–H groups in total. The van der Waals surface area contributed by atoms with E-state index in [1.54, 1.807) is 6.20 Å². The van der Waals surface area contributed by atoms with Crippen LogP contribution in [-0.2, 0) is 0 Å². The summed E-state index contributed by atoms with van der Waals surface area (Å²) in [5.41, 5.74) is 4.86. The molecule has 2 saturated carbocycles. The van der Waals surface area contributed by atoms with Gasteiger partial charge in [0.25, 0.3) is 5.91 Å². The van der Waals surface area contributed by atoms with Crippen LogP contribution < -0.4 is 10.6 Å². The highest BCUT2D eigenvalue weighted by Crippen LogP contribution is 2.41. The minimum atomic E-state index is -0.325. The van der Waals surface area contributed by atoms with Gasteiger partial charge in [-0.25, -0.2) is 4.98 Å². The van der Waals surface area contributed by atoms with Gasteiger partial charge >= 0.3 is 0 Å². The van der Waals surface area contributed by atoms with Crippen molar-refractivity contribution < 1.29 is 9.21 Å². The maximum absolute atomic E-state index is 12.9. The summed E-state index contributed by atoms with van der Waals surface area (Å²) >= 11 is 0. The van der Waals surface area contributed by atoms with E-state index in [2.05, 4.69) is 20.6 Å². The Balaban J connectivity index is 1.34. The number of rotatable bonds is 6. The Labute approximate surface area is 187 Å². The van der Waals surface area contributed by atoms with Crippen molar-refractivity contribution in [3.8, 4) is 11.5 Å². The molecule has 0 radical (unpaired) electrons. The molecule has 0 spiro atoms. The number of amides is 1. The number of nitrogens with one attached hydrogen (secondary N) is 3. The lowest BCUT2D eigenvalue weighted by molar-refractivity contribution is 0.0961. The molecule has 5 rings (SSSR count). The smallest absolute Gasteiger partial charge is 0.277 e. The van der Waals surface area contributed by atoms with Crippen molar-refractivity contribution in [1.29, 1.82) is 5.41 Å². The molecule has 1 amide bonds. The second-order valence-electron chi connectivity index (χ2n) is 8.77. The molecule has 2 aromatic heterocycles. The van der Waals surface area contributed by atoms with Gasteiger partial charge in [0.2, 0.25) is 5.89 Å². The van der Waals surface area contributed by atoms with E-state index >= 15 is 0 Å². The highest BCUT2D eigenvalue weighted by Gasteiger charge is 2.32. The van der Waals surface area contributed by atoms with E-state index in [1.807, 2.05) is 37.4 Å². The second-order valence-corrected chi connectivity index (χ2v) is 8.77. The van der Waals surface area contributed by atoms with Gasteiger partial charge in [-0.1, -0.05) is 12.8 Å². The zero-order valence-corrected chi connectivity index (χ0v) is 18.1. The molecule has 2 heterocycles. The maximum Gasteiger partial charge on any atom is 0.277 e. The summed E-state index contributed by atoms with van der Waals surface area (Å²) in [6.45, 7) is 1.91. The minimum absolute atomic E-state index is 0.215. The van der Waals surface area contributed by atoms with E-state index in [9.17, 15) is 4.79 Å². The van der Waals surface area contributed by atoms with Crippen molar-refractivity contribution in [1.82, 2.24) is 20.6 Å². The number of nitrogens with zero attached hydrogens (tertiary/aromatic N) is 2. The molecule has 0 saturated heterocycles. The zero-order valence-electron chi connectivity index (χ0n) is 18.1. The minimum Gasteiger partial charge on any atom is -0.444 e. The highest BCUT2D eigenvalue weighted by atomic mass is 16.3. The first kappa shape index (κ1) is 20.4. The van der Waals surface area contributed by atoms with Gasteiger partial charge in [-0.3, -0.25) is 9.78 Å². The average Bonchev–Trinajstić information content (AvgIpc) is 3.28. The fraction of sp³-hybridized carbons (Fsp3) is 0.360. The number of aromatic nitrogens is 2. The van der Waals surface area contributed by atoms with Crippen LogP contribution in [0.1, 0.15) is 54.7 Å². The van der Waals surface area contributed by atoms with Gasteiger partial charge in [0.05, 0.1) is 11.3 Å². The summed E-state index contributed by atoms with van der Waals surface area (Å²) in [6, 6.07) is 4.22. The van der Waals surface area contributed by atoms with E-state index < -0.39 is 0 Å². The molecule has 7 heteroatoms. The highest BCUT2D eigenvalue weighted by molar-refractivity contribution is 6.11. The van der Waals surface area contributed by atoms with Crippen molar-refractivity contribution in [3.63, 3.8) is 0 Å². The molecule has 32 heavy (non-hydrogen) atoms. The van der Waals surface area contributed by atoms with Crippen molar-refractivity contribution in [2.45, 2.75) is 51.5 Å². The Kier molecular flexibility index (Phi) is 5.47. The average molecular weight is 430 g/mol. The lowest BCUT2D eigenvalue weighted by Gasteiger charge is -2.19. The van der Waals surface area contributed by atoms with Crippen molar-refractivity contribution in [2.24, 2.45) is 5.92 Å². The number of allylic oxidation sites excluding steroid dienone is 4. The maximum atomic E-state index is 12.9. The molecule has 0 aliphatic heterocycles. The van der Waals surface area contributed by atoms with Crippen molar-refractivity contribution >= 4 is 11.6 Å². The second kappa shape index (κ2) is 8.57. The summed E-state index contributed by atoms with van der Waals surface area (Å²) < 4.78 is 5.52. The monoisotopic (exact) mass is 429 g/mol. The van der Waals surface area contributed by atoms with Crippen LogP contribution in [0.3, 0.4) is 0 Å². The number of hydrogen-bond acceptors (Lipinski definition) is 6. The first-order valence-electron chi connectivity index (χ1n) is 11.3. The number of oxazole rings is 1. The fourth-order valence-corrected chi connectivity index (χ4v) is 4.18. The molecular formula is C25H27N5O2. The molecule has 0 aromatic carbocycles. The van der Waals surface area contributed by atoms with Crippen molar-refractivity contribution in [2.75, 3.05) is 0 Å². The molecule has 3 aliphatic carbocycles. The first-order chi connectivity index (χ1) is 15.6. The number of carbonyl (C=O) groups is 1. The SMILES string of the molecule is Cc1ccc(-c2nc(C(=O)NC3=C/C(=C/NC4CCCC4)C(=N)C=C3C3CC3)co2)cn1. The lowest BCUT2D eigenvalue weighted by atomic mass is 9.94. The molecule has 7 nitrogen and oxygen atoms in total. The van der Waals surface area contributed by atoms with Crippen LogP contribution >= 0.6 is 0 Å². The van der Waals surface area contributed by atoms with Gasteiger partial charge in [-0.2, -0.15) is 0 Å². The third-order valence-corrected chi connectivity index (χ3v) is 6.21. The molecule has 0 bridgehead atoms. The third kappa shape index (κ3) is 4.42. The summed E-state index contributed by atoms with van der Waals surface area (Å²) in [7, 11) is 0. The van der Waals surface area contributed by atoms with Crippen LogP contribution in [0.4, 0.5) is 0 Å². The van der Waals surface area contributed by atoms with E-state index in [0.29, 0.717) is 23.6 Å². The Hall–Kier alpha value is -3.48. The predicted molar refractivity (Wildman–Crippen MR) is 122 cm³/mol. The summed E-state index contributed by atoms with van der Waals surface area (Å²) in [5.74, 6) is 0.438. The summed E-state index contributed by atoms with van der Waals surface area (Å²) in [4.78, 5) is 21.5. The molecule has 2 aromatic rings. The number of carbonyl (C=O) groups excluding carboxylic acids is 1. The van der Waals surface area contributed by atoms with Gasteiger partial charge in [0.1, 0.15) is 6.26 Å². The van der Waals surface area contributed by atoms with Crippen LogP contribution in [0.5, 0.6) is 0 Å². The van der Waals surface area contributed by atoms with Gasteiger partial charge < -0.3 is 20.5 Å². The predicted octanol–water partition coefficient (Wildman–Crippen LogP) is 4.44. The first-order valence-corrected chi connectivity index (χ1v) is 11.3. The molecule has 164 valence electrons. The van der Waals surface area contributed by atoms with Gasteiger partial charge in [-0.15, -0.1) is 0 Å². The fourth-order valence-electron chi connectivity index (χ4n) is 4.18. The van der Waals surface area contributed by atoms with Crippen LogP contribution in [0, 0.1) is 18.3 Å². The molecule has 2 fully saturated rings.